The maximum Gasteiger partial charge on any atom is 0.241 e. The molecule has 2 atom stereocenters. The number of halogens is 1. The van der Waals surface area contributed by atoms with Gasteiger partial charge < -0.3 is 5.73 Å². The van der Waals surface area contributed by atoms with Crippen molar-refractivity contribution >= 4 is 37.7 Å². The maximum atomic E-state index is 12.6. The number of benzene rings is 1. The molecule has 0 saturated heterocycles. The minimum Gasteiger partial charge on any atom is -0.326 e. The predicted octanol–water partition coefficient (Wildman–Crippen LogP) is 2.78. The quantitative estimate of drug-likeness (QED) is 0.807. The van der Waals surface area contributed by atoms with E-state index in [1.165, 1.54) is 0 Å². The zero-order chi connectivity index (χ0) is 15.6. The van der Waals surface area contributed by atoms with E-state index in [4.69, 9.17) is 5.73 Å². The van der Waals surface area contributed by atoms with Gasteiger partial charge in [0.1, 0.15) is 0 Å². The van der Waals surface area contributed by atoms with Crippen LogP contribution in [0, 0.1) is 6.92 Å². The zero-order valence-electron chi connectivity index (χ0n) is 12.2. The summed E-state index contributed by atoms with van der Waals surface area (Å²) in [6.45, 7) is 2.20. The van der Waals surface area contributed by atoms with E-state index in [2.05, 4.69) is 26.9 Å². The van der Waals surface area contributed by atoms with Crippen molar-refractivity contribution in [2.45, 2.75) is 48.9 Å². The molecule has 118 valence electrons. The molecule has 2 unspecified atom stereocenters. The fourth-order valence-corrected chi connectivity index (χ4v) is 5.81. The molecule has 1 aliphatic rings. The van der Waals surface area contributed by atoms with Crippen LogP contribution in [0.5, 0.6) is 0 Å². The lowest BCUT2D eigenvalue weighted by molar-refractivity contribution is 0.552. The van der Waals surface area contributed by atoms with Gasteiger partial charge in [-0.25, -0.2) is 13.1 Å². The van der Waals surface area contributed by atoms with Gasteiger partial charge in [-0.3, -0.25) is 0 Å². The van der Waals surface area contributed by atoms with Crippen LogP contribution in [0.1, 0.15) is 30.4 Å². The molecule has 1 saturated carbocycles. The van der Waals surface area contributed by atoms with Gasteiger partial charge in [-0.1, -0.05) is 6.07 Å². The number of rotatable bonds is 5. The first kappa shape index (κ1) is 17.3. The largest absolute Gasteiger partial charge is 0.326 e. The lowest BCUT2D eigenvalue weighted by Gasteiger charge is -2.16. The first-order valence-electron chi connectivity index (χ1n) is 6.91. The fraction of sp³-hybridized carbons (Fsp3) is 0.571. The SMILES string of the molecule is CSC1CCC(NS(=O)(=O)c2cc(CN)cc(C)c2Br)C1. The van der Waals surface area contributed by atoms with Crippen LogP contribution in [0.3, 0.4) is 0 Å². The van der Waals surface area contributed by atoms with Gasteiger partial charge in [-0.05, 0) is 65.6 Å². The molecule has 0 heterocycles. The van der Waals surface area contributed by atoms with Gasteiger partial charge in [0, 0.05) is 22.3 Å². The smallest absolute Gasteiger partial charge is 0.241 e. The van der Waals surface area contributed by atoms with Gasteiger partial charge >= 0.3 is 0 Å². The summed E-state index contributed by atoms with van der Waals surface area (Å²) >= 11 is 5.20. The Labute approximate surface area is 139 Å². The molecule has 7 heteroatoms. The number of hydrogen-bond acceptors (Lipinski definition) is 4. The summed E-state index contributed by atoms with van der Waals surface area (Å²) in [6, 6.07) is 3.59. The van der Waals surface area contributed by atoms with E-state index < -0.39 is 10.0 Å². The monoisotopic (exact) mass is 392 g/mol. The van der Waals surface area contributed by atoms with Crippen molar-refractivity contribution in [2.24, 2.45) is 5.73 Å². The lowest BCUT2D eigenvalue weighted by atomic mass is 10.1. The normalized spacial score (nSPS) is 22.7. The Morgan fingerprint density at radius 3 is 2.71 bits per heavy atom. The highest BCUT2D eigenvalue weighted by molar-refractivity contribution is 9.10. The average Bonchev–Trinajstić information content (AvgIpc) is 2.88. The van der Waals surface area contributed by atoms with Gasteiger partial charge in [0.15, 0.2) is 0 Å². The average molecular weight is 393 g/mol. The van der Waals surface area contributed by atoms with Crippen molar-refractivity contribution in [2.75, 3.05) is 6.26 Å². The summed E-state index contributed by atoms with van der Waals surface area (Å²) in [5, 5.41) is 0.554. The minimum atomic E-state index is -3.52. The maximum absolute atomic E-state index is 12.6. The van der Waals surface area contributed by atoms with E-state index in [1.807, 2.05) is 24.8 Å². The number of thioether (sulfide) groups is 1. The second kappa shape index (κ2) is 7.00. The van der Waals surface area contributed by atoms with E-state index in [1.54, 1.807) is 6.07 Å². The minimum absolute atomic E-state index is 0.0289. The highest BCUT2D eigenvalue weighted by atomic mass is 79.9. The lowest BCUT2D eigenvalue weighted by Crippen LogP contribution is -2.33. The molecular formula is C14H21BrN2O2S2. The predicted molar refractivity (Wildman–Crippen MR) is 92.0 cm³/mol. The Hall–Kier alpha value is -0.0800. The first-order chi connectivity index (χ1) is 9.87. The van der Waals surface area contributed by atoms with E-state index >= 15 is 0 Å². The molecule has 1 aromatic carbocycles. The number of aryl methyl sites for hydroxylation is 1. The third-order valence-electron chi connectivity index (χ3n) is 3.85. The molecule has 0 spiro atoms. The van der Waals surface area contributed by atoms with E-state index in [0.717, 1.165) is 30.4 Å². The number of sulfonamides is 1. The molecule has 1 aliphatic carbocycles. The molecule has 0 radical (unpaired) electrons. The Kier molecular flexibility index (Phi) is 5.76. The molecule has 0 aromatic heterocycles. The first-order valence-corrected chi connectivity index (χ1v) is 10.5. The van der Waals surface area contributed by atoms with Crippen molar-refractivity contribution in [1.29, 1.82) is 0 Å². The highest BCUT2D eigenvalue weighted by Gasteiger charge is 2.29. The molecule has 1 fully saturated rings. The van der Waals surface area contributed by atoms with Crippen molar-refractivity contribution in [1.82, 2.24) is 4.72 Å². The van der Waals surface area contributed by atoms with Crippen molar-refractivity contribution in [3.05, 3.63) is 27.7 Å². The van der Waals surface area contributed by atoms with E-state index in [0.29, 0.717) is 16.3 Å². The summed E-state index contributed by atoms with van der Waals surface area (Å²) in [5.74, 6) is 0. The summed E-state index contributed by atoms with van der Waals surface area (Å²) in [7, 11) is -3.52. The van der Waals surface area contributed by atoms with Gasteiger partial charge in [0.25, 0.3) is 0 Å². The van der Waals surface area contributed by atoms with Crippen LogP contribution in [-0.4, -0.2) is 26.0 Å². The number of nitrogens with one attached hydrogen (secondary N) is 1. The fourth-order valence-electron chi connectivity index (χ4n) is 2.67. The Balaban J connectivity index is 2.26. The number of nitrogens with two attached hydrogens (primary N) is 1. The van der Waals surface area contributed by atoms with Gasteiger partial charge in [-0.15, -0.1) is 0 Å². The molecular weight excluding hydrogens is 372 g/mol. The van der Waals surface area contributed by atoms with Crippen LogP contribution in [0.2, 0.25) is 0 Å². The third-order valence-corrected chi connectivity index (χ3v) is 7.80. The Morgan fingerprint density at radius 2 is 2.14 bits per heavy atom. The van der Waals surface area contributed by atoms with Crippen LogP contribution in [-0.2, 0) is 16.6 Å². The summed E-state index contributed by atoms with van der Waals surface area (Å²) in [6.07, 6.45) is 4.94. The molecule has 1 aromatic rings. The van der Waals surface area contributed by atoms with Crippen LogP contribution >= 0.6 is 27.7 Å². The summed E-state index contributed by atoms with van der Waals surface area (Å²) < 4.78 is 28.7. The van der Waals surface area contributed by atoms with Crippen molar-refractivity contribution in [3.63, 3.8) is 0 Å². The van der Waals surface area contributed by atoms with Crippen LogP contribution in [0.4, 0.5) is 0 Å². The molecule has 0 aliphatic heterocycles. The zero-order valence-corrected chi connectivity index (χ0v) is 15.4. The van der Waals surface area contributed by atoms with Crippen LogP contribution in [0.25, 0.3) is 0 Å². The molecule has 4 nitrogen and oxygen atoms in total. The van der Waals surface area contributed by atoms with Crippen molar-refractivity contribution < 1.29 is 8.42 Å². The molecule has 0 bridgehead atoms. The summed E-state index contributed by atoms with van der Waals surface area (Å²) in [5.41, 5.74) is 7.35. The molecule has 2 rings (SSSR count). The second-order valence-corrected chi connectivity index (χ2v) is 9.03. The second-order valence-electron chi connectivity index (χ2n) is 5.42. The molecule has 0 amide bonds. The van der Waals surface area contributed by atoms with Crippen LogP contribution in [0.15, 0.2) is 21.5 Å². The standard InChI is InChI=1S/C14H21BrN2O2S2/c1-9-5-10(8-16)6-13(14(9)15)21(18,19)17-11-3-4-12(7-11)20-2/h5-6,11-12,17H,3-4,7-8,16H2,1-2H3. The van der Waals surface area contributed by atoms with Gasteiger partial charge in [0.2, 0.25) is 10.0 Å². The number of hydrogen-bond donors (Lipinski definition) is 2. The van der Waals surface area contributed by atoms with Gasteiger partial charge in [0.05, 0.1) is 4.90 Å². The highest BCUT2D eigenvalue weighted by Crippen LogP contribution is 2.31. The molecule has 21 heavy (non-hydrogen) atoms. The Morgan fingerprint density at radius 1 is 1.43 bits per heavy atom. The molecule has 3 N–H and O–H groups in total. The third kappa shape index (κ3) is 4.01. The topological polar surface area (TPSA) is 72.2 Å². The summed E-state index contributed by atoms with van der Waals surface area (Å²) in [4.78, 5) is 0.288. The van der Waals surface area contributed by atoms with Crippen molar-refractivity contribution in [3.8, 4) is 0 Å². The van der Waals surface area contributed by atoms with E-state index in [-0.39, 0.29) is 10.9 Å². The Bertz CT molecular complexity index is 620. The van der Waals surface area contributed by atoms with E-state index in [9.17, 15) is 8.42 Å². The van der Waals surface area contributed by atoms with Crippen LogP contribution < -0.4 is 10.5 Å². The van der Waals surface area contributed by atoms with Gasteiger partial charge in [-0.2, -0.15) is 11.8 Å².